The maximum absolute atomic E-state index is 11.7. The number of fused-ring (bicyclic) bond motifs is 1. The second-order valence-corrected chi connectivity index (χ2v) is 7.50. The number of carbonyl (C=O) groups excluding carboxylic acids is 1. The van der Waals surface area contributed by atoms with Gasteiger partial charge in [-0.2, -0.15) is 0 Å². The van der Waals surface area contributed by atoms with Crippen molar-refractivity contribution in [1.29, 1.82) is 0 Å². The number of unbranched alkanes of at least 4 members (excludes halogenated alkanes) is 1. The first-order valence-electron chi connectivity index (χ1n) is 11.1. The number of hydrogen-bond acceptors (Lipinski definition) is 5. The summed E-state index contributed by atoms with van der Waals surface area (Å²) >= 11 is 0. The van der Waals surface area contributed by atoms with Crippen molar-refractivity contribution in [3.05, 3.63) is 72.3 Å². The van der Waals surface area contributed by atoms with Crippen molar-refractivity contribution in [3.63, 3.8) is 0 Å². The fourth-order valence-corrected chi connectivity index (χ4v) is 3.72. The predicted octanol–water partition coefficient (Wildman–Crippen LogP) is 4.75. The van der Waals surface area contributed by atoms with Crippen LogP contribution in [-0.4, -0.2) is 39.0 Å². The SMILES string of the molecule is C#CCCCC(N(CC/C=C/C(=O)OCC)Cc1ccccc1)n1nnc2ccccc21. The Hall–Kier alpha value is -3.43. The summed E-state index contributed by atoms with van der Waals surface area (Å²) in [5.41, 5.74) is 3.09. The van der Waals surface area contributed by atoms with Crippen molar-refractivity contribution in [1.82, 2.24) is 19.9 Å². The van der Waals surface area contributed by atoms with Crippen molar-refractivity contribution in [2.24, 2.45) is 0 Å². The summed E-state index contributed by atoms with van der Waals surface area (Å²) in [6.07, 6.45) is 12.1. The zero-order valence-corrected chi connectivity index (χ0v) is 18.6. The van der Waals surface area contributed by atoms with Gasteiger partial charge in [0.2, 0.25) is 0 Å². The normalized spacial score (nSPS) is 12.3. The molecule has 3 rings (SSSR count). The average Bonchev–Trinajstić information content (AvgIpc) is 3.24. The standard InChI is InChI=1S/C26H30N4O2/c1-3-5-7-18-25(30-24-17-11-10-16-23(24)27-28-30)29(21-22-14-8-6-9-15-22)20-13-12-19-26(31)32-4-2/h1,6,8-12,14-17,19,25H,4-5,7,13,18,20-21H2,2H3/b19-12+. The van der Waals surface area contributed by atoms with Gasteiger partial charge in [0.05, 0.1) is 12.1 Å². The molecule has 32 heavy (non-hydrogen) atoms. The Kier molecular flexibility index (Phi) is 9.03. The summed E-state index contributed by atoms with van der Waals surface area (Å²) in [6, 6.07) is 18.4. The van der Waals surface area contributed by atoms with Gasteiger partial charge < -0.3 is 4.74 Å². The van der Waals surface area contributed by atoms with Crippen LogP contribution in [0.1, 0.15) is 44.3 Å². The number of carbonyl (C=O) groups is 1. The molecule has 0 saturated carbocycles. The molecule has 6 nitrogen and oxygen atoms in total. The van der Waals surface area contributed by atoms with Crippen LogP contribution in [0, 0.1) is 12.3 Å². The number of aromatic nitrogens is 3. The molecule has 3 aromatic rings. The summed E-state index contributed by atoms with van der Waals surface area (Å²) in [7, 11) is 0. The molecule has 0 bridgehead atoms. The molecule has 0 fully saturated rings. The van der Waals surface area contributed by atoms with Crippen LogP contribution >= 0.6 is 0 Å². The van der Waals surface area contributed by atoms with E-state index in [4.69, 9.17) is 11.2 Å². The number of benzene rings is 2. The van der Waals surface area contributed by atoms with Crippen LogP contribution in [0.4, 0.5) is 0 Å². The molecule has 0 spiro atoms. The molecule has 1 heterocycles. The minimum absolute atomic E-state index is 0.00745. The molecule has 2 aromatic carbocycles. The van der Waals surface area contributed by atoms with E-state index in [0.29, 0.717) is 19.4 Å². The van der Waals surface area contributed by atoms with E-state index in [1.54, 1.807) is 6.92 Å². The van der Waals surface area contributed by atoms with Crippen LogP contribution in [-0.2, 0) is 16.1 Å². The summed E-state index contributed by atoms with van der Waals surface area (Å²) in [6.45, 7) is 3.68. The summed E-state index contributed by atoms with van der Waals surface area (Å²) < 4.78 is 6.99. The molecule has 1 aromatic heterocycles. The number of rotatable bonds is 12. The third-order valence-electron chi connectivity index (χ3n) is 5.22. The number of nitrogens with zero attached hydrogens (tertiary/aromatic N) is 4. The Labute approximate surface area is 189 Å². The molecule has 0 amide bonds. The molecule has 166 valence electrons. The van der Waals surface area contributed by atoms with Crippen LogP contribution in [0.25, 0.3) is 11.0 Å². The predicted molar refractivity (Wildman–Crippen MR) is 126 cm³/mol. The molecule has 0 radical (unpaired) electrons. The summed E-state index contributed by atoms with van der Waals surface area (Å²) in [5, 5.41) is 8.87. The van der Waals surface area contributed by atoms with Crippen LogP contribution < -0.4 is 0 Å². The van der Waals surface area contributed by atoms with Crippen molar-refractivity contribution < 1.29 is 9.53 Å². The second kappa shape index (κ2) is 12.4. The molecular formula is C26H30N4O2. The highest BCUT2D eigenvalue weighted by atomic mass is 16.5. The molecule has 0 N–H and O–H groups in total. The Morgan fingerprint density at radius 1 is 1.22 bits per heavy atom. The Morgan fingerprint density at radius 3 is 2.78 bits per heavy atom. The quantitative estimate of drug-likeness (QED) is 0.180. The molecular weight excluding hydrogens is 400 g/mol. The Morgan fingerprint density at radius 2 is 2.00 bits per heavy atom. The minimum Gasteiger partial charge on any atom is -0.463 e. The van der Waals surface area contributed by atoms with Crippen molar-refractivity contribution >= 4 is 17.0 Å². The van der Waals surface area contributed by atoms with Gasteiger partial charge in [-0.05, 0) is 43.9 Å². The highest BCUT2D eigenvalue weighted by molar-refractivity contribution is 5.81. The van der Waals surface area contributed by atoms with Crippen LogP contribution in [0.2, 0.25) is 0 Å². The monoisotopic (exact) mass is 430 g/mol. The van der Waals surface area contributed by atoms with E-state index in [1.165, 1.54) is 11.6 Å². The molecule has 1 unspecified atom stereocenters. The van der Waals surface area contributed by atoms with E-state index < -0.39 is 0 Å². The van der Waals surface area contributed by atoms with Gasteiger partial charge in [0.15, 0.2) is 0 Å². The minimum atomic E-state index is -0.310. The molecule has 0 aliphatic carbocycles. The van der Waals surface area contributed by atoms with Crippen molar-refractivity contribution in [3.8, 4) is 12.3 Å². The van der Waals surface area contributed by atoms with E-state index >= 15 is 0 Å². The Balaban J connectivity index is 1.87. The molecule has 0 aliphatic heterocycles. The van der Waals surface area contributed by atoms with Gasteiger partial charge in [-0.15, -0.1) is 17.4 Å². The van der Waals surface area contributed by atoms with E-state index in [0.717, 1.165) is 37.0 Å². The number of terminal acetylenes is 1. The van der Waals surface area contributed by atoms with Gasteiger partial charge in [-0.25, -0.2) is 9.48 Å². The molecule has 1 atom stereocenters. The van der Waals surface area contributed by atoms with E-state index in [1.807, 2.05) is 53.2 Å². The lowest BCUT2D eigenvalue weighted by molar-refractivity contribution is -0.137. The zero-order chi connectivity index (χ0) is 22.6. The molecule has 6 heteroatoms. The van der Waals surface area contributed by atoms with Crippen molar-refractivity contribution in [2.45, 2.75) is 45.3 Å². The maximum atomic E-state index is 11.7. The first-order valence-corrected chi connectivity index (χ1v) is 11.1. The van der Waals surface area contributed by atoms with Crippen LogP contribution in [0.15, 0.2) is 66.7 Å². The van der Waals surface area contributed by atoms with Crippen LogP contribution in [0.5, 0.6) is 0 Å². The lowest BCUT2D eigenvalue weighted by atomic mass is 10.1. The third-order valence-corrected chi connectivity index (χ3v) is 5.22. The fourth-order valence-electron chi connectivity index (χ4n) is 3.72. The largest absolute Gasteiger partial charge is 0.463 e. The fraction of sp³-hybridized carbons (Fsp3) is 0.346. The summed E-state index contributed by atoms with van der Waals surface area (Å²) in [5.74, 6) is 2.43. The van der Waals surface area contributed by atoms with Crippen molar-refractivity contribution in [2.75, 3.05) is 13.2 Å². The van der Waals surface area contributed by atoms with Gasteiger partial charge in [-0.3, -0.25) is 4.90 Å². The highest BCUT2D eigenvalue weighted by Gasteiger charge is 2.23. The molecule has 0 aliphatic rings. The van der Waals surface area contributed by atoms with E-state index in [-0.39, 0.29) is 12.1 Å². The smallest absolute Gasteiger partial charge is 0.330 e. The Bertz CT molecular complexity index is 1050. The van der Waals surface area contributed by atoms with Gasteiger partial charge in [-0.1, -0.05) is 53.8 Å². The highest BCUT2D eigenvalue weighted by Crippen LogP contribution is 2.26. The first kappa shape index (κ1) is 23.2. The van der Waals surface area contributed by atoms with Crippen LogP contribution in [0.3, 0.4) is 0 Å². The van der Waals surface area contributed by atoms with Gasteiger partial charge >= 0.3 is 5.97 Å². The maximum Gasteiger partial charge on any atom is 0.330 e. The van der Waals surface area contributed by atoms with E-state index in [2.05, 4.69) is 33.3 Å². The lowest BCUT2D eigenvalue weighted by Gasteiger charge is -2.32. The van der Waals surface area contributed by atoms with Gasteiger partial charge in [0, 0.05) is 25.6 Å². The summed E-state index contributed by atoms with van der Waals surface area (Å²) in [4.78, 5) is 14.0. The second-order valence-electron chi connectivity index (χ2n) is 7.50. The van der Waals surface area contributed by atoms with Gasteiger partial charge in [0.25, 0.3) is 0 Å². The number of esters is 1. The van der Waals surface area contributed by atoms with E-state index in [9.17, 15) is 4.79 Å². The number of hydrogen-bond donors (Lipinski definition) is 0. The van der Waals surface area contributed by atoms with Gasteiger partial charge in [0.1, 0.15) is 11.7 Å². The number of ether oxygens (including phenoxy) is 1. The third kappa shape index (κ3) is 6.53. The zero-order valence-electron chi connectivity index (χ0n) is 18.6. The topological polar surface area (TPSA) is 60.2 Å². The lowest BCUT2D eigenvalue weighted by Crippen LogP contribution is -2.34. The first-order chi connectivity index (χ1) is 15.7. The molecule has 0 saturated heterocycles. The average molecular weight is 431 g/mol. The number of para-hydroxylation sites is 1.